The van der Waals surface area contributed by atoms with Gasteiger partial charge in [-0.15, -0.1) is 0 Å². The number of nitrogens with zero attached hydrogens (tertiary/aromatic N) is 1. The van der Waals surface area contributed by atoms with Crippen LogP contribution in [-0.4, -0.2) is 21.5 Å². The summed E-state index contributed by atoms with van der Waals surface area (Å²) in [5.41, 5.74) is 2.84. The van der Waals surface area contributed by atoms with E-state index in [1.807, 2.05) is 32.0 Å². The molecule has 5 heteroatoms. The van der Waals surface area contributed by atoms with Crippen molar-refractivity contribution in [3.63, 3.8) is 0 Å². The molecule has 0 radical (unpaired) electrons. The molecule has 1 aliphatic heterocycles. The number of carbonyl (C=O) groups is 2. The number of hydrogen-bond donors (Lipinski definition) is 0. The molecule has 0 bridgehead atoms. The average Bonchev–Trinajstić information content (AvgIpc) is 2.64. The van der Waals surface area contributed by atoms with E-state index >= 15 is 0 Å². The SMILES string of the molecule is Cc1ccc(N2C(=O)[C@@H]3C[C@@H](Br)[C@@H](Br)C[C@H]3C2=O)c(C)c1. The second-order valence-electron chi connectivity index (χ2n) is 6.02. The van der Waals surface area contributed by atoms with Crippen LogP contribution in [0.3, 0.4) is 0 Å². The summed E-state index contributed by atoms with van der Waals surface area (Å²) in [7, 11) is 0. The van der Waals surface area contributed by atoms with Crippen molar-refractivity contribution in [1.29, 1.82) is 0 Å². The van der Waals surface area contributed by atoms with Crippen LogP contribution < -0.4 is 4.90 Å². The number of anilines is 1. The number of imide groups is 1. The predicted molar refractivity (Wildman–Crippen MR) is 90.1 cm³/mol. The van der Waals surface area contributed by atoms with E-state index in [0.717, 1.165) is 16.8 Å². The minimum absolute atomic E-state index is 0.0409. The zero-order valence-corrected chi connectivity index (χ0v) is 15.1. The topological polar surface area (TPSA) is 37.4 Å². The maximum atomic E-state index is 12.7. The Balaban J connectivity index is 1.97. The summed E-state index contributed by atoms with van der Waals surface area (Å²) < 4.78 is 0. The van der Waals surface area contributed by atoms with Crippen molar-refractivity contribution in [3.05, 3.63) is 29.3 Å². The molecule has 1 saturated heterocycles. The first-order valence-electron chi connectivity index (χ1n) is 7.13. The Morgan fingerprint density at radius 3 is 2.00 bits per heavy atom. The van der Waals surface area contributed by atoms with E-state index in [1.54, 1.807) is 0 Å². The molecule has 21 heavy (non-hydrogen) atoms. The van der Waals surface area contributed by atoms with Crippen LogP contribution in [0.2, 0.25) is 0 Å². The van der Waals surface area contributed by atoms with Crippen molar-refractivity contribution in [3.8, 4) is 0 Å². The molecule has 0 aromatic heterocycles. The fourth-order valence-corrected chi connectivity index (χ4v) is 4.63. The molecule has 0 unspecified atom stereocenters. The van der Waals surface area contributed by atoms with E-state index in [9.17, 15) is 9.59 Å². The highest BCUT2D eigenvalue weighted by Gasteiger charge is 2.52. The fourth-order valence-electron chi connectivity index (χ4n) is 3.39. The molecule has 2 aliphatic rings. The lowest BCUT2D eigenvalue weighted by molar-refractivity contribution is -0.122. The molecule has 1 heterocycles. The van der Waals surface area contributed by atoms with Crippen LogP contribution in [0.4, 0.5) is 5.69 Å². The van der Waals surface area contributed by atoms with Gasteiger partial charge in [0.05, 0.1) is 17.5 Å². The number of amides is 2. The summed E-state index contributed by atoms with van der Waals surface area (Å²) in [5.74, 6) is -0.450. The van der Waals surface area contributed by atoms with Gasteiger partial charge < -0.3 is 0 Å². The number of fused-ring (bicyclic) bond motifs is 1. The molecule has 2 amide bonds. The number of hydrogen-bond acceptors (Lipinski definition) is 2. The number of alkyl halides is 2. The van der Waals surface area contributed by atoms with Crippen LogP contribution in [0.1, 0.15) is 24.0 Å². The molecule has 1 aliphatic carbocycles. The van der Waals surface area contributed by atoms with Crippen molar-refractivity contribution in [2.45, 2.75) is 36.3 Å². The quantitative estimate of drug-likeness (QED) is 0.518. The van der Waals surface area contributed by atoms with E-state index in [4.69, 9.17) is 0 Å². The third kappa shape index (κ3) is 2.48. The normalized spacial score (nSPS) is 32.5. The lowest BCUT2D eigenvalue weighted by atomic mass is 9.81. The Morgan fingerprint density at radius 1 is 1.00 bits per heavy atom. The molecule has 4 atom stereocenters. The smallest absolute Gasteiger partial charge is 0.237 e. The van der Waals surface area contributed by atoms with Crippen LogP contribution in [0.15, 0.2) is 18.2 Å². The Bertz CT molecular complexity index is 588. The molecule has 3 rings (SSSR count). The second kappa shape index (κ2) is 5.51. The Hall–Kier alpha value is -0.680. The van der Waals surface area contributed by atoms with E-state index in [1.165, 1.54) is 4.90 Å². The third-order valence-electron chi connectivity index (χ3n) is 4.50. The predicted octanol–water partition coefficient (Wildman–Crippen LogP) is 3.73. The maximum Gasteiger partial charge on any atom is 0.237 e. The first-order chi connectivity index (χ1) is 9.90. The van der Waals surface area contributed by atoms with Crippen molar-refractivity contribution >= 4 is 49.4 Å². The van der Waals surface area contributed by atoms with Gasteiger partial charge in [-0.25, -0.2) is 4.90 Å². The summed E-state index contributed by atoms with van der Waals surface area (Å²) in [6.45, 7) is 3.96. The molecule has 0 spiro atoms. The molecule has 112 valence electrons. The van der Waals surface area contributed by atoms with Gasteiger partial charge >= 0.3 is 0 Å². The standard InChI is InChI=1S/C16H17Br2NO2/c1-8-3-4-14(9(2)5-8)19-15(20)10-6-12(17)13(18)7-11(10)16(19)21/h3-5,10-13H,6-7H2,1-2H3/t10-,11-,12-,13+/m1/s1. The summed E-state index contributed by atoms with van der Waals surface area (Å²) in [5, 5.41) is 0. The summed E-state index contributed by atoms with van der Waals surface area (Å²) in [4.78, 5) is 27.3. The molecule has 3 nitrogen and oxygen atoms in total. The number of rotatable bonds is 1. The van der Waals surface area contributed by atoms with Gasteiger partial charge in [-0.3, -0.25) is 9.59 Å². The van der Waals surface area contributed by atoms with Gasteiger partial charge in [-0.1, -0.05) is 49.6 Å². The van der Waals surface area contributed by atoms with Gasteiger partial charge in [0.25, 0.3) is 0 Å². The molecule has 0 N–H and O–H groups in total. The number of carbonyl (C=O) groups excluding carboxylic acids is 2. The number of aryl methyl sites for hydroxylation is 2. The van der Waals surface area contributed by atoms with Gasteiger partial charge in [-0.05, 0) is 38.3 Å². The third-order valence-corrected chi connectivity index (χ3v) is 7.24. The Morgan fingerprint density at radius 2 is 1.52 bits per heavy atom. The summed E-state index contributed by atoms with van der Waals surface area (Å²) >= 11 is 7.22. The zero-order chi connectivity index (χ0) is 15.3. The lowest BCUT2D eigenvalue weighted by Gasteiger charge is -2.29. The largest absolute Gasteiger partial charge is 0.274 e. The van der Waals surface area contributed by atoms with Crippen LogP contribution in [0.25, 0.3) is 0 Å². The first-order valence-corrected chi connectivity index (χ1v) is 8.96. The maximum absolute atomic E-state index is 12.7. The van der Waals surface area contributed by atoms with Crippen LogP contribution in [0, 0.1) is 25.7 Å². The van der Waals surface area contributed by atoms with Gasteiger partial charge in [0.1, 0.15) is 0 Å². The second-order valence-corrected chi connectivity index (χ2v) is 8.37. The van der Waals surface area contributed by atoms with E-state index in [0.29, 0.717) is 12.8 Å². The summed E-state index contributed by atoms with van der Waals surface area (Å²) in [6.07, 6.45) is 1.43. The Labute approximate surface area is 141 Å². The van der Waals surface area contributed by atoms with E-state index < -0.39 is 0 Å². The molecule has 1 aromatic rings. The van der Waals surface area contributed by atoms with Gasteiger partial charge in [0.15, 0.2) is 0 Å². The molecular weight excluding hydrogens is 398 g/mol. The molecular formula is C16H17Br2NO2. The number of benzene rings is 1. The van der Waals surface area contributed by atoms with Crippen molar-refractivity contribution in [2.75, 3.05) is 4.90 Å². The zero-order valence-electron chi connectivity index (χ0n) is 12.0. The van der Waals surface area contributed by atoms with Gasteiger partial charge in [0, 0.05) is 9.65 Å². The van der Waals surface area contributed by atoms with Crippen LogP contribution in [0.5, 0.6) is 0 Å². The average molecular weight is 415 g/mol. The van der Waals surface area contributed by atoms with E-state index in [-0.39, 0.29) is 33.3 Å². The highest BCUT2D eigenvalue weighted by Crippen LogP contribution is 2.44. The van der Waals surface area contributed by atoms with Crippen molar-refractivity contribution in [1.82, 2.24) is 0 Å². The number of halogens is 2. The Kier molecular flexibility index (Phi) is 3.99. The lowest BCUT2D eigenvalue weighted by Crippen LogP contribution is -2.34. The molecule has 1 saturated carbocycles. The minimum Gasteiger partial charge on any atom is -0.274 e. The van der Waals surface area contributed by atoms with Crippen molar-refractivity contribution < 1.29 is 9.59 Å². The van der Waals surface area contributed by atoms with E-state index in [2.05, 4.69) is 31.9 Å². The van der Waals surface area contributed by atoms with Gasteiger partial charge in [-0.2, -0.15) is 0 Å². The van der Waals surface area contributed by atoms with Crippen molar-refractivity contribution in [2.24, 2.45) is 11.8 Å². The summed E-state index contributed by atoms with van der Waals surface area (Å²) in [6, 6.07) is 5.85. The van der Waals surface area contributed by atoms with Crippen LogP contribution in [-0.2, 0) is 9.59 Å². The monoisotopic (exact) mass is 413 g/mol. The van der Waals surface area contributed by atoms with Crippen LogP contribution >= 0.6 is 31.9 Å². The highest BCUT2D eigenvalue weighted by molar-refractivity contribution is 9.12. The fraction of sp³-hybridized carbons (Fsp3) is 0.500. The van der Waals surface area contributed by atoms with Gasteiger partial charge in [0.2, 0.25) is 11.8 Å². The molecule has 2 fully saturated rings. The first kappa shape index (κ1) is 15.2. The highest BCUT2D eigenvalue weighted by atomic mass is 79.9. The minimum atomic E-state index is -0.184. The molecule has 1 aromatic carbocycles.